The van der Waals surface area contributed by atoms with Crippen LogP contribution in [0.1, 0.15) is 37.0 Å². The van der Waals surface area contributed by atoms with E-state index in [0.29, 0.717) is 41.2 Å². The van der Waals surface area contributed by atoms with E-state index >= 15 is 0 Å². The third-order valence-electron chi connectivity index (χ3n) is 12.2. The number of aliphatic hydroxyl groups excluding tert-OH is 1. The lowest BCUT2D eigenvalue weighted by Gasteiger charge is -2.46. The molecule has 23 nitrogen and oxygen atoms in total. The number of likely N-dealkylation sites (tertiary alicyclic amines) is 1. The highest BCUT2D eigenvalue weighted by Crippen LogP contribution is 2.52. The number of amides is 3. The maximum Gasteiger partial charge on any atom is 0.508 e. The standard InChI is InChI=1S/C44H47N7O16S/c1-26-37-36(27(2)52)41(54)48(37)38(42(55)65-23-28-3-9-31(10-4-28)49(58)59)39(26)68-34-21-35(47(22-34)43(56)66-24-29-5-11-32(12-6-29)50(60)61)40(53)46-17-15-45(16-18-46)19-20-64-44(57)67-25-30-7-13-33(14-8-30)51(62)63/h3-14,26-27,34-37,52H,15-25H2,1-2H3/t26-,27-,34+,35+,36-,37-/m1/s1. The first-order valence-corrected chi connectivity index (χ1v) is 22.4. The monoisotopic (exact) mass is 961 g/mol. The molecule has 0 spiro atoms. The molecule has 0 aromatic heterocycles. The normalized spacial score (nSPS) is 21.7. The maximum absolute atomic E-state index is 14.4. The molecule has 4 heterocycles. The zero-order valence-electron chi connectivity index (χ0n) is 36.8. The molecule has 3 saturated heterocycles. The topological polar surface area (TPSA) is 285 Å². The quantitative estimate of drug-likeness (QED) is 0.0639. The van der Waals surface area contributed by atoms with Gasteiger partial charge in [-0.25, -0.2) is 14.4 Å². The molecule has 0 radical (unpaired) electrons. The van der Waals surface area contributed by atoms with E-state index in [1.54, 1.807) is 4.90 Å². The van der Waals surface area contributed by atoms with Crippen molar-refractivity contribution < 1.29 is 62.8 Å². The summed E-state index contributed by atoms with van der Waals surface area (Å²) in [5, 5.41) is 43.2. The Morgan fingerprint density at radius 1 is 0.750 bits per heavy atom. The van der Waals surface area contributed by atoms with Crippen molar-refractivity contribution in [2.45, 2.75) is 63.5 Å². The molecule has 0 aliphatic carbocycles. The molecule has 3 fully saturated rings. The molecule has 68 heavy (non-hydrogen) atoms. The van der Waals surface area contributed by atoms with Crippen molar-refractivity contribution in [3.05, 3.63) is 130 Å². The van der Waals surface area contributed by atoms with E-state index in [2.05, 4.69) is 0 Å². The fraction of sp³-hybridized carbons (Fsp3) is 0.432. The van der Waals surface area contributed by atoms with Gasteiger partial charge in [0.05, 0.1) is 32.8 Å². The van der Waals surface area contributed by atoms with E-state index in [1.165, 1.54) is 101 Å². The summed E-state index contributed by atoms with van der Waals surface area (Å²) in [4.78, 5) is 106. The zero-order valence-corrected chi connectivity index (χ0v) is 37.6. The van der Waals surface area contributed by atoms with Gasteiger partial charge in [0.2, 0.25) is 11.8 Å². The van der Waals surface area contributed by atoms with E-state index in [0.717, 1.165) is 0 Å². The molecule has 4 aliphatic rings. The third-order valence-corrected chi connectivity index (χ3v) is 13.7. The number of esters is 1. The van der Waals surface area contributed by atoms with Gasteiger partial charge in [-0.3, -0.25) is 49.7 Å². The molecule has 0 unspecified atom stereocenters. The molecule has 1 N–H and O–H groups in total. The van der Waals surface area contributed by atoms with E-state index in [4.69, 9.17) is 18.9 Å². The third kappa shape index (κ3) is 11.0. The van der Waals surface area contributed by atoms with Crippen molar-refractivity contribution in [1.29, 1.82) is 0 Å². The van der Waals surface area contributed by atoms with Gasteiger partial charge < -0.3 is 33.9 Å². The Kier molecular flexibility index (Phi) is 15.2. The Morgan fingerprint density at radius 2 is 1.25 bits per heavy atom. The van der Waals surface area contributed by atoms with Gasteiger partial charge in [0.15, 0.2) is 0 Å². The zero-order chi connectivity index (χ0) is 48.8. The van der Waals surface area contributed by atoms with Gasteiger partial charge in [-0.15, -0.1) is 11.8 Å². The number of aliphatic hydroxyl groups is 1. The second kappa shape index (κ2) is 21.2. The summed E-state index contributed by atoms with van der Waals surface area (Å²) in [5.41, 5.74) is 1.07. The lowest BCUT2D eigenvalue weighted by molar-refractivity contribution is -0.385. The van der Waals surface area contributed by atoms with Crippen LogP contribution in [0, 0.1) is 42.2 Å². The van der Waals surface area contributed by atoms with Gasteiger partial charge in [0.25, 0.3) is 17.1 Å². The van der Waals surface area contributed by atoms with Crippen molar-refractivity contribution in [3.8, 4) is 0 Å². The maximum atomic E-state index is 14.4. The van der Waals surface area contributed by atoms with Gasteiger partial charge in [0, 0.05) is 91.7 Å². The largest absolute Gasteiger partial charge is 0.508 e. The highest BCUT2D eigenvalue weighted by molar-refractivity contribution is 8.03. The van der Waals surface area contributed by atoms with Crippen LogP contribution in [0.5, 0.6) is 0 Å². The predicted molar refractivity (Wildman–Crippen MR) is 237 cm³/mol. The highest BCUT2D eigenvalue weighted by Gasteiger charge is 2.61. The molecule has 24 heteroatoms. The number of nitro groups is 3. The first kappa shape index (κ1) is 48.7. The van der Waals surface area contributed by atoms with E-state index in [1.807, 2.05) is 11.8 Å². The number of thioether (sulfide) groups is 1. The van der Waals surface area contributed by atoms with Gasteiger partial charge in [-0.05, 0) is 66.4 Å². The number of non-ortho nitro benzene ring substituents is 3. The first-order chi connectivity index (χ1) is 32.5. The Labute approximate surface area is 391 Å². The second-order valence-electron chi connectivity index (χ2n) is 16.6. The highest BCUT2D eigenvalue weighted by atomic mass is 32.2. The minimum Gasteiger partial charge on any atom is -0.456 e. The summed E-state index contributed by atoms with van der Waals surface area (Å²) in [6, 6.07) is 14.9. The SMILES string of the molecule is C[C@@H](O)[C@H]1C(=O)N2C(C(=O)OCc3ccc([N+](=O)[O-])cc3)=C(S[C@H]3C[C@@H](C(=O)N4CCN(CCOC(=O)OCc5ccc([N+](=O)[O-])cc5)CC4)N(C(=O)OCc4ccc([N+](=O)[O-])cc4)C3)[C@H](C)[C@H]12. The molecule has 3 amide bonds. The van der Waals surface area contributed by atoms with Crippen LogP contribution >= 0.6 is 11.8 Å². The van der Waals surface area contributed by atoms with E-state index < -0.39 is 74.2 Å². The Balaban J connectivity index is 1.01. The van der Waals surface area contributed by atoms with Crippen LogP contribution in [-0.2, 0) is 53.2 Å². The number of carbonyl (C=O) groups is 5. The first-order valence-electron chi connectivity index (χ1n) is 21.5. The van der Waals surface area contributed by atoms with Crippen LogP contribution < -0.4 is 0 Å². The number of nitro benzene ring substituents is 3. The summed E-state index contributed by atoms with van der Waals surface area (Å²) in [6.45, 7) is 4.36. The van der Waals surface area contributed by atoms with Crippen LogP contribution in [0.2, 0.25) is 0 Å². The van der Waals surface area contributed by atoms with Crippen molar-refractivity contribution in [1.82, 2.24) is 19.6 Å². The molecule has 3 aromatic carbocycles. The van der Waals surface area contributed by atoms with E-state index in [-0.39, 0.29) is 81.1 Å². The lowest BCUT2D eigenvalue weighted by atomic mass is 9.79. The van der Waals surface area contributed by atoms with Crippen molar-refractivity contribution >= 4 is 58.9 Å². The molecule has 7 rings (SSSR count). The number of hydrogen-bond acceptors (Lipinski definition) is 18. The molecule has 0 saturated carbocycles. The Hall–Kier alpha value is -7.18. The minimum atomic E-state index is -1.02. The number of hydrogen-bond donors (Lipinski definition) is 1. The number of rotatable bonds is 17. The molecule has 0 bridgehead atoms. The summed E-state index contributed by atoms with van der Waals surface area (Å²) in [6.07, 6.45) is -2.62. The minimum absolute atomic E-state index is 0.00243. The van der Waals surface area contributed by atoms with Gasteiger partial charge in [-0.2, -0.15) is 0 Å². The van der Waals surface area contributed by atoms with Gasteiger partial charge in [0.1, 0.15) is 38.2 Å². The summed E-state index contributed by atoms with van der Waals surface area (Å²) < 4.78 is 21.6. The predicted octanol–water partition coefficient (Wildman–Crippen LogP) is 4.53. The second-order valence-corrected chi connectivity index (χ2v) is 17.9. The number of fused-ring (bicyclic) bond motifs is 1. The summed E-state index contributed by atoms with van der Waals surface area (Å²) in [7, 11) is 0. The number of piperazine rings is 1. The molecule has 4 aliphatic heterocycles. The molecular weight excluding hydrogens is 915 g/mol. The van der Waals surface area contributed by atoms with Gasteiger partial charge in [-0.1, -0.05) is 6.92 Å². The Morgan fingerprint density at radius 3 is 1.75 bits per heavy atom. The number of nitrogens with zero attached hydrogens (tertiary/aromatic N) is 7. The van der Waals surface area contributed by atoms with Crippen LogP contribution in [-0.4, -0.2) is 139 Å². The molecular formula is C44H47N7O16S. The average Bonchev–Trinajstić information content (AvgIpc) is 3.85. The number of benzene rings is 3. The summed E-state index contributed by atoms with van der Waals surface area (Å²) in [5.74, 6) is -2.89. The van der Waals surface area contributed by atoms with Gasteiger partial charge >= 0.3 is 18.2 Å². The van der Waals surface area contributed by atoms with Crippen LogP contribution in [0.15, 0.2) is 83.4 Å². The fourth-order valence-electron chi connectivity index (χ4n) is 8.60. The number of β-lactam (4-membered cyclic amide) rings is 1. The van der Waals surface area contributed by atoms with Crippen molar-refractivity contribution in [3.63, 3.8) is 0 Å². The van der Waals surface area contributed by atoms with Crippen LogP contribution in [0.25, 0.3) is 0 Å². The molecule has 6 atom stereocenters. The Bertz CT molecular complexity index is 2460. The fourth-order valence-corrected chi connectivity index (χ4v) is 10.1. The van der Waals surface area contributed by atoms with E-state index in [9.17, 15) is 59.4 Å². The van der Waals surface area contributed by atoms with Crippen molar-refractivity contribution in [2.75, 3.05) is 45.9 Å². The average molecular weight is 962 g/mol. The molecule has 360 valence electrons. The number of ether oxygens (including phenoxy) is 4. The smallest absolute Gasteiger partial charge is 0.456 e. The molecule has 3 aromatic rings. The van der Waals surface area contributed by atoms with Crippen molar-refractivity contribution in [2.24, 2.45) is 11.8 Å². The van der Waals surface area contributed by atoms with Crippen LogP contribution in [0.3, 0.4) is 0 Å². The summed E-state index contributed by atoms with van der Waals surface area (Å²) >= 11 is 1.23. The lowest BCUT2D eigenvalue weighted by Crippen LogP contribution is -2.63. The van der Waals surface area contributed by atoms with Crippen LogP contribution in [0.4, 0.5) is 26.7 Å². The number of carbonyl (C=O) groups excluding carboxylic acids is 5.